The van der Waals surface area contributed by atoms with E-state index < -0.39 is 11.7 Å². The van der Waals surface area contributed by atoms with Crippen LogP contribution >= 0.6 is 11.8 Å². The van der Waals surface area contributed by atoms with Crippen LogP contribution in [-0.4, -0.2) is 21.1 Å². The number of aromatic amines is 1. The standard InChI is InChI=1S/C13H13F3N2OS/c14-13(15,16)8-3-4-10-11(6-8)18(12(19)17-10)9-2-1-5-20-7-9/h3-4,6,9H,1-2,5,7H2,(H,17,19). The molecule has 0 saturated carbocycles. The van der Waals surface area contributed by atoms with Crippen LogP contribution in [0.1, 0.15) is 24.4 Å². The van der Waals surface area contributed by atoms with E-state index in [4.69, 9.17) is 0 Å². The molecule has 1 aromatic carbocycles. The van der Waals surface area contributed by atoms with Gasteiger partial charge in [0.15, 0.2) is 0 Å². The highest BCUT2D eigenvalue weighted by Gasteiger charge is 2.31. The summed E-state index contributed by atoms with van der Waals surface area (Å²) in [4.78, 5) is 14.6. The first-order valence-electron chi connectivity index (χ1n) is 6.36. The van der Waals surface area contributed by atoms with Gasteiger partial charge in [0.05, 0.1) is 16.6 Å². The molecule has 2 heterocycles. The fourth-order valence-electron chi connectivity index (χ4n) is 2.59. The number of benzene rings is 1. The van der Waals surface area contributed by atoms with E-state index >= 15 is 0 Å². The van der Waals surface area contributed by atoms with Crippen LogP contribution in [0.15, 0.2) is 23.0 Å². The van der Waals surface area contributed by atoms with Gasteiger partial charge in [0.1, 0.15) is 0 Å². The molecule has 0 aliphatic carbocycles. The number of aromatic nitrogens is 2. The number of alkyl halides is 3. The normalized spacial score (nSPS) is 20.4. The van der Waals surface area contributed by atoms with Gasteiger partial charge < -0.3 is 4.98 Å². The number of imidazole rings is 1. The van der Waals surface area contributed by atoms with Gasteiger partial charge in [-0.05, 0) is 36.8 Å². The number of H-pyrrole nitrogens is 1. The summed E-state index contributed by atoms with van der Waals surface area (Å²) in [7, 11) is 0. The van der Waals surface area contributed by atoms with Gasteiger partial charge in [0.2, 0.25) is 0 Å². The molecule has 1 atom stereocenters. The third-order valence-corrected chi connectivity index (χ3v) is 4.74. The Morgan fingerprint density at radius 3 is 2.80 bits per heavy atom. The number of hydrogen-bond donors (Lipinski definition) is 1. The zero-order chi connectivity index (χ0) is 14.3. The highest BCUT2D eigenvalue weighted by atomic mass is 32.2. The summed E-state index contributed by atoms with van der Waals surface area (Å²) >= 11 is 1.73. The Bertz CT molecular complexity index is 683. The van der Waals surface area contributed by atoms with Crippen LogP contribution in [0.5, 0.6) is 0 Å². The average Bonchev–Trinajstić information content (AvgIpc) is 2.73. The first-order valence-corrected chi connectivity index (χ1v) is 7.51. The molecule has 1 aliphatic heterocycles. The molecule has 3 nitrogen and oxygen atoms in total. The van der Waals surface area contributed by atoms with Crippen LogP contribution in [0.25, 0.3) is 11.0 Å². The molecule has 3 rings (SSSR count). The summed E-state index contributed by atoms with van der Waals surface area (Å²) in [6.07, 6.45) is -2.59. The van der Waals surface area contributed by atoms with E-state index in [-0.39, 0.29) is 11.7 Å². The second-order valence-electron chi connectivity index (χ2n) is 4.90. The first kappa shape index (κ1) is 13.6. The lowest BCUT2D eigenvalue weighted by molar-refractivity contribution is -0.137. The summed E-state index contributed by atoms with van der Waals surface area (Å²) in [5.41, 5.74) is -0.246. The molecular formula is C13H13F3N2OS. The lowest BCUT2D eigenvalue weighted by atomic mass is 10.1. The van der Waals surface area contributed by atoms with Crippen molar-refractivity contribution in [3.63, 3.8) is 0 Å². The first-order chi connectivity index (χ1) is 9.47. The largest absolute Gasteiger partial charge is 0.416 e. The van der Waals surface area contributed by atoms with Crippen molar-refractivity contribution >= 4 is 22.8 Å². The Morgan fingerprint density at radius 1 is 1.35 bits per heavy atom. The minimum absolute atomic E-state index is 0.0292. The molecule has 0 amide bonds. The van der Waals surface area contributed by atoms with E-state index in [9.17, 15) is 18.0 Å². The second kappa shape index (κ2) is 4.87. The van der Waals surface area contributed by atoms with Gasteiger partial charge in [-0.2, -0.15) is 24.9 Å². The summed E-state index contributed by atoms with van der Waals surface area (Å²) in [5.74, 6) is 1.81. The van der Waals surface area contributed by atoms with Gasteiger partial charge in [-0.15, -0.1) is 0 Å². The van der Waals surface area contributed by atoms with E-state index in [1.807, 2.05) is 0 Å². The van der Waals surface area contributed by atoms with Crippen molar-refractivity contribution < 1.29 is 13.2 Å². The molecular weight excluding hydrogens is 289 g/mol. The SMILES string of the molecule is O=c1[nH]c2ccc(C(F)(F)F)cc2n1C1CCCSC1. The average molecular weight is 302 g/mol. The molecule has 1 aliphatic rings. The molecule has 2 aromatic rings. The molecule has 0 radical (unpaired) electrons. The number of fused-ring (bicyclic) bond motifs is 1. The minimum atomic E-state index is -4.40. The highest BCUT2D eigenvalue weighted by molar-refractivity contribution is 7.99. The number of hydrogen-bond acceptors (Lipinski definition) is 2. The quantitative estimate of drug-likeness (QED) is 0.876. The van der Waals surface area contributed by atoms with E-state index in [0.717, 1.165) is 36.5 Å². The molecule has 0 bridgehead atoms. The van der Waals surface area contributed by atoms with Crippen molar-refractivity contribution in [1.29, 1.82) is 0 Å². The zero-order valence-corrected chi connectivity index (χ0v) is 11.4. The van der Waals surface area contributed by atoms with Crippen LogP contribution in [0, 0.1) is 0 Å². The van der Waals surface area contributed by atoms with Crippen molar-refractivity contribution in [2.24, 2.45) is 0 Å². The molecule has 1 unspecified atom stereocenters. The van der Waals surface area contributed by atoms with E-state index in [1.165, 1.54) is 10.6 Å². The molecule has 0 spiro atoms. The Morgan fingerprint density at radius 2 is 2.15 bits per heavy atom. The number of nitrogens with zero attached hydrogens (tertiary/aromatic N) is 1. The van der Waals surface area contributed by atoms with Gasteiger partial charge in [-0.25, -0.2) is 4.79 Å². The van der Waals surface area contributed by atoms with Crippen LogP contribution in [-0.2, 0) is 6.18 Å². The lowest BCUT2D eigenvalue weighted by Gasteiger charge is -2.22. The van der Waals surface area contributed by atoms with Gasteiger partial charge >= 0.3 is 11.9 Å². The maximum absolute atomic E-state index is 12.8. The van der Waals surface area contributed by atoms with E-state index in [1.54, 1.807) is 11.8 Å². The van der Waals surface area contributed by atoms with Crippen LogP contribution in [0.3, 0.4) is 0 Å². The smallest absolute Gasteiger partial charge is 0.306 e. The van der Waals surface area contributed by atoms with Gasteiger partial charge in [0.25, 0.3) is 0 Å². The van der Waals surface area contributed by atoms with Crippen molar-refractivity contribution in [3.8, 4) is 0 Å². The molecule has 1 saturated heterocycles. The third kappa shape index (κ3) is 2.34. The zero-order valence-electron chi connectivity index (χ0n) is 10.5. The van der Waals surface area contributed by atoms with Crippen LogP contribution in [0.4, 0.5) is 13.2 Å². The Balaban J connectivity index is 2.15. The number of halogens is 3. The van der Waals surface area contributed by atoms with E-state index in [2.05, 4.69) is 4.98 Å². The van der Waals surface area contributed by atoms with Crippen LogP contribution < -0.4 is 5.69 Å². The minimum Gasteiger partial charge on any atom is -0.306 e. The van der Waals surface area contributed by atoms with Crippen molar-refractivity contribution in [3.05, 3.63) is 34.2 Å². The van der Waals surface area contributed by atoms with Crippen molar-refractivity contribution in [2.45, 2.75) is 25.1 Å². The molecule has 1 aromatic heterocycles. The lowest BCUT2D eigenvalue weighted by Crippen LogP contribution is -2.26. The Labute approximate surface area is 117 Å². The summed E-state index contributed by atoms with van der Waals surface area (Å²) in [6.45, 7) is 0. The summed E-state index contributed by atoms with van der Waals surface area (Å²) < 4.78 is 39.9. The molecule has 1 fully saturated rings. The number of rotatable bonds is 1. The van der Waals surface area contributed by atoms with E-state index in [0.29, 0.717) is 11.0 Å². The van der Waals surface area contributed by atoms with Crippen molar-refractivity contribution in [2.75, 3.05) is 11.5 Å². The van der Waals surface area contributed by atoms with Crippen molar-refractivity contribution in [1.82, 2.24) is 9.55 Å². The predicted octanol–water partition coefficient (Wildman–Crippen LogP) is 3.42. The van der Waals surface area contributed by atoms with Gasteiger partial charge in [-0.3, -0.25) is 4.57 Å². The van der Waals surface area contributed by atoms with Gasteiger partial charge in [-0.1, -0.05) is 0 Å². The summed E-state index contributed by atoms with van der Waals surface area (Å²) in [6, 6.07) is 3.36. The fraction of sp³-hybridized carbons (Fsp3) is 0.462. The second-order valence-corrected chi connectivity index (χ2v) is 6.05. The molecule has 7 heteroatoms. The maximum Gasteiger partial charge on any atom is 0.416 e. The Hall–Kier alpha value is -1.37. The predicted molar refractivity (Wildman–Crippen MR) is 73.2 cm³/mol. The molecule has 1 N–H and O–H groups in total. The van der Waals surface area contributed by atoms with Crippen LogP contribution in [0.2, 0.25) is 0 Å². The number of nitrogens with one attached hydrogen (secondary N) is 1. The monoisotopic (exact) mass is 302 g/mol. The molecule has 108 valence electrons. The number of thioether (sulfide) groups is 1. The maximum atomic E-state index is 12.8. The third-order valence-electron chi connectivity index (χ3n) is 3.55. The topological polar surface area (TPSA) is 37.8 Å². The summed E-state index contributed by atoms with van der Waals surface area (Å²) in [5, 5.41) is 0. The fourth-order valence-corrected chi connectivity index (χ4v) is 3.71. The van der Waals surface area contributed by atoms with Gasteiger partial charge in [0, 0.05) is 11.8 Å². The Kier molecular flexibility index (Phi) is 3.32. The highest BCUT2D eigenvalue weighted by Crippen LogP contribution is 2.33. The molecule has 20 heavy (non-hydrogen) atoms.